The summed E-state index contributed by atoms with van der Waals surface area (Å²) >= 11 is 0. The molecule has 0 bridgehead atoms. The van der Waals surface area contributed by atoms with E-state index in [0.717, 1.165) is 11.3 Å². The van der Waals surface area contributed by atoms with Crippen molar-refractivity contribution < 1.29 is 14.2 Å². The Balaban J connectivity index is 1.82. The summed E-state index contributed by atoms with van der Waals surface area (Å²) in [6, 6.07) is 8.04. The van der Waals surface area contributed by atoms with E-state index in [1.54, 1.807) is 19.6 Å². The lowest BCUT2D eigenvalue weighted by Crippen LogP contribution is -2.51. The van der Waals surface area contributed by atoms with Crippen molar-refractivity contribution in [1.29, 1.82) is 0 Å². The minimum absolute atomic E-state index is 0.0345. The van der Waals surface area contributed by atoms with Crippen molar-refractivity contribution in [2.24, 2.45) is 5.41 Å². The largest absolute Gasteiger partial charge is 0.497 e. The smallest absolute Gasteiger partial charge is 0.190 e. The van der Waals surface area contributed by atoms with Crippen molar-refractivity contribution in [2.45, 2.75) is 32.6 Å². The highest BCUT2D eigenvalue weighted by atomic mass is 16.7. The number of aromatic nitrogens is 2. The summed E-state index contributed by atoms with van der Waals surface area (Å²) in [7, 11) is 1.68. The molecule has 1 saturated heterocycles. The fourth-order valence-corrected chi connectivity index (χ4v) is 2.74. The Labute approximate surface area is 137 Å². The van der Waals surface area contributed by atoms with Gasteiger partial charge in [-0.05, 0) is 17.7 Å². The molecule has 0 atom stereocenters. The van der Waals surface area contributed by atoms with E-state index in [2.05, 4.69) is 24.9 Å². The molecule has 1 aromatic heterocycles. The maximum atomic E-state index is 6.22. The molecule has 0 aliphatic carbocycles. The van der Waals surface area contributed by atoms with E-state index in [1.165, 1.54) is 0 Å². The number of nitrogens with zero attached hydrogens (tertiary/aromatic N) is 2. The monoisotopic (exact) mass is 316 g/mol. The van der Waals surface area contributed by atoms with Gasteiger partial charge in [-0.3, -0.25) is 0 Å². The first-order valence-electron chi connectivity index (χ1n) is 7.87. The van der Waals surface area contributed by atoms with Gasteiger partial charge in [0, 0.05) is 24.2 Å². The third-order valence-corrected chi connectivity index (χ3v) is 4.04. The molecule has 0 spiro atoms. The molecule has 0 unspecified atom stereocenters. The van der Waals surface area contributed by atoms with Gasteiger partial charge in [-0.1, -0.05) is 26.0 Å². The number of imidazole rings is 1. The van der Waals surface area contributed by atoms with Crippen LogP contribution >= 0.6 is 0 Å². The fourth-order valence-electron chi connectivity index (χ4n) is 2.74. The van der Waals surface area contributed by atoms with Crippen molar-refractivity contribution in [3.05, 3.63) is 48.5 Å². The van der Waals surface area contributed by atoms with Crippen molar-refractivity contribution in [1.82, 2.24) is 9.55 Å². The third kappa shape index (κ3) is 3.92. The molecular formula is C18H24N2O3. The Morgan fingerprint density at radius 3 is 2.70 bits per heavy atom. The molecule has 0 amide bonds. The van der Waals surface area contributed by atoms with Crippen LogP contribution in [0.25, 0.3) is 0 Å². The Kier molecular flexibility index (Phi) is 4.41. The highest BCUT2D eigenvalue weighted by Crippen LogP contribution is 2.33. The van der Waals surface area contributed by atoms with Crippen LogP contribution in [-0.2, 0) is 22.4 Å². The number of rotatable bonds is 5. The zero-order chi connectivity index (χ0) is 16.3. The molecule has 1 fully saturated rings. The fraction of sp³-hybridized carbons (Fsp3) is 0.500. The number of hydrogen-bond acceptors (Lipinski definition) is 4. The van der Waals surface area contributed by atoms with Crippen molar-refractivity contribution in [3.63, 3.8) is 0 Å². The molecule has 5 nitrogen and oxygen atoms in total. The minimum atomic E-state index is -0.678. The van der Waals surface area contributed by atoms with Crippen LogP contribution in [-0.4, -0.2) is 35.7 Å². The van der Waals surface area contributed by atoms with E-state index < -0.39 is 5.79 Å². The van der Waals surface area contributed by atoms with Gasteiger partial charge >= 0.3 is 0 Å². The Hall–Kier alpha value is -1.85. The normalized spacial score (nSPS) is 19.4. The molecule has 1 aromatic carbocycles. The number of ether oxygens (including phenoxy) is 3. The van der Waals surface area contributed by atoms with Crippen LogP contribution in [0.5, 0.6) is 5.75 Å². The van der Waals surface area contributed by atoms with Gasteiger partial charge in [-0.15, -0.1) is 0 Å². The lowest BCUT2D eigenvalue weighted by molar-refractivity contribution is -0.304. The summed E-state index contributed by atoms with van der Waals surface area (Å²) in [4.78, 5) is 4.11. The van der Waals surface area contributed by atoms with Gasteiger partial charge in [0.25, 0.3) is 0 Å². The molecule has 1 aliphatic heterocycles. The third-order valence-electron chi connectivity index (χ3n) is 4.04. The van der Waals surface area contributed by atoms with Gasteiger partial charge in [0.05, 0.1) is 33.2 Å². The van der Waals surface area contributed by atoms with Crippen molar-refractivity contribution in [2.75, 3.05) is 20.3 Å². The molecule has 1 aliphatic rings. The predicted octanol–water partition coefficient (Wildman–Crippen LogP) is 2.90. The lowest BCUT2D eigenvalue weighted by Gasteiger charge is -2.43. The van der Waals surface area contributed by atoms with Gasteiger partial charge in [-0.25, -0.2) is 4.98 Å². The first-order valence-corrected chi connectivity index (χ1v) is 7.87. The molecule has 0 radical (unpaired) electrons. The quantitative estimate of drug-likeness (QED) is 0.851. The van der Waals surface area contributed by atoms with Gasteiger partial charge in [0.15, 0.2) is 5.79 Å². The van der Waals surface area contributed by atoms with E-state index in [0.29, 0.717) is 26.2 Å². The maximum Gasteiger partial charge on any atom is 0.190 e. The van der Waals surface area contributed by atoms with Crippen LogP contribution < -0.4 is 4.74 Å². The average molecular weight is 316 g/mol. The number of methoxy groups -OCH3 is 1. The summed E-state index contributed by atoms with van der Waals surface area (Å²) in [5, 5.41) is 0. The first kappa shape index (κ1) is 16.0. The zero-order valence-electron chi connectivity index (χ0n) is 14.0. The highest BCUT2D eigenvalue weighted by molar-refractivity contribution is 5.29. The molecule has 3 rings (SSSR count). The summed E-state index contributed by atoms with van der Waals surface area (Å²) < 4.78 is 19.8. The SMILES string of the molecule is COc1cccc(CC2(Cn3ccnc3)OCC(C)(C)CO2)c1. The van der Waals surface area contributed by atoms with E-state index in [1.807, 2.05) is 29.0 Å². The molecule has 2 heterocycles. The van der Waals surface area contributed by atoms with Crippen LogP contribution in [0.4, 0.5) is 0 Å². The second-order valence-corrected chi connectivity index (χ2v) is 6.92. The van der Waals surface area contributed by atoms with Crippen molar-refractivity contribution in [3.8, 4) is 5.75 Å². The van der Waals surface area contributed by atoms with Gasteiger partial charge < -0.3 is 18.8 Å². The summed E-state index contributed by atoms with van der Waals surface area (Å²) in [6.45, 7) is 6.26. The second kappa shape index (κ2) is 6.34. The Bertz CT molecular complexity index is 627. The molecule has 124 valence electrons. The predicted molar refractivity (Wildman–Crippen MR) is 87.3 cm³/mol. The van der Waals surface area contributed by atoms with E-state index in [9.17, 15) is 0 Å². The van der Waals surface area contributed by atoms with Crippen LogP contribution in [0.2, 0.25) is 0 Å². The standard InChI is InChI=1S/C18H24N2O3/c1-17(2)12-22-18(23-13-17,11-20-8-7-19-14-20)10-15-5-4-6-16(9-15)21-3/h4-9,14H,10-13H2,1-3H3. The molecule has 2 aromatic rings. The lowest BCUT2D eigenvalue weighted by atomic mass is 9.93. The van der Waals surface area contributed by atoms with Crippen LogP contribution in [0.3, 0.4) is 0 Å². The van der Waals surface area contributed by atoms with E-state index in [4.69, 9.17) is 14.2 Å². The van der Waals surface area contributed by atoms with Crippen LogP contribution in [0.15, 0.2) is 43.0 Å². The molecular weight excluding hydrogens is 292 g/mol. The van der Waals surface area contributed by atoms with E-state index in [-0.39, 0.29) is 5.41 Å². The second-order valence-electron chi connectivity index (χ2n) is 6.92. The molecule has 5 heteroatoms. The topological polar surface area (TPSA) is 45.5 Å². The van der Waals surface area contributed by atoms with Gasteiger partial charge in [-0.2, -0.15) is 0 Å². The minimum Gasteiger partial charge on any atom is -0.497 e. The summed E-state index contributed by atoms with van der Waals surface area (Å²) in [5.41, 5.74) is 1.16. The van der Waals surface area contributed by atoms with Gasteiger partial charge in [0.2, 0.25) is 0 Å². The molecule has 0 N–H and O–H groups in total. The maximum absolute atomic E-state index is 6.22. The number of benzene rings is 1. The van der Waals surface area contributed by atoms with Crippen LogP contribution in [0.1, 0.15) is 19.4 Å². The highest BCUT2D eigenvalue weighted by Gasteiger charge is 2.41. The van der Waals surface area contributed by atoms with E-state index >= 15 is 0 Å². The first-order chi connectivity index (χ1) is 11.0. The molecule has 0 saturated carbocycles. The van der Waals surface area contributed by atoms with Crippen LogP contribution in [0, 0.1) is 5.41 Å². The summed E-state index contributed by atoms with van der Waals surface area (Å²) in [6.07, 6.45) is 6.16. The molecule has 23 heavy (non-hydrogen) atoms. The Morgan fingerprint density at radius 1 is 1.26 bits per heavy atom. The average Bonchev–Trinajstić information content (AvgIpc) is 3.03. The zero-order valence-corrected chi connectivity index (χ0v) is 14.0. The van der Waals surface area contributed by atoms with Gasteiger partial charge in [0.1, 0.15) is 5.75 Å². The Morgan fingerprint density at radius 2 is 2.04 bits per heavy atom. The number of hydrogen-bond donors (Lipinski definition) is 0. The van der Waals surface area contributed by atoms with Crippen molar-refractivity contribution >= 4 is 0 Å². The summed E-state index contributed by atoms with van der Waals surface area (Å²) in [5.74, 6) is 0.166.